The Hall–Kier alpha value is -1.82. The van der Waals surface area contributed by atoms with Crippen molar-refractivity contribution in [3.63, 3.8) is 0 Å². The van der Waals surface area contributed by atoms with Gasteiger partial charge < -0.3 is 5.32 Å². The molecular formula is C15H18F3N3. The van der Waals surface area contributed by atoms with Crippen LogP contribution in [0.25, 0.3) is 0 Å². The van der Waals surface area contributed by atoms with Crippen LogP contribution >= 0.6 is 0 Å². The Bertz CT molecular complexity index is 590. The van der Waals surface area contributed by atoms with Crippen LogP contribution in [0, 0.1) is 0 Å². The summed E-state index contributed by atoms with van der Waals surface area (Å²) in [4.78, 5) is 0. The van der Waals surface area contributed by atoms with Gasteiger partial charge in [0.25, 0.3) is 0 Å². The maximum absolute atomic E-state index is 12.8. The van der Waals surface area contributed by atoms with E-state index in [9.17, 15) is 13.2 Å². The van der Waals surface area contributed by atoms with Crippen LogP contribution in [0.3, 0.4) is 0 Å². The molecule has 0 amide bonds. The van der Waals surface area contributed by atoms with Crippen LogP contribution in [0.5, 0.6) is 0 Å². The molecule has 0 aliphatic carbocycles. The van der Waals surface area contributed by atoms with Crippen LogP contribution in [0.4, 0.5) is 13.2 Å². The van der Waals surface area contributed by atoms with E-state index in [0.717, 1.165) is 18.2 Å². The normalized spacial score (nSPS) is 13.4. The number of halogens is 3. The van der Waals surface area contributed by atoms with Gasteiger partial charge >= 0.3 is 6.18 Å². The maximum Gasteiger partial charge on any atom is 0.416 e. The molecule has 0 aliphatic rings. The first-order chi connectivity index (χ1) is 9.95. The second kappa shape index (κ2) is 6.30. The average molecular weight is 297 g/mol. The van der Waals surface area contributed by atoms with Crippen LogP contribution < -0.4 is 5.32 Å². The van der Waals surface area contributed by atoms with E-state index in [1.807, 2.05) is 20.0 Å². The summed E-state index contributed by atoms with van der Waals surface area (Å²) in [5.41, 5.74) is 0.811. The Labute approximate surface area is 121 Å². The van der Waals surface area contributed by atoms with Crippen molar-refractivity contribution in [2.75, 3.05) is 6.54 Å². The second-order valence-electron chi connectivity index (χ2n) is 4.74. The Kier molecular flexibility index (Phi) is 4.67. The minimum absolute atomic E-state index is 0.294. The summed E-state index contributed by atoms with van der Waals surface area (Å²) in [6, 6.07) is 5.12. The molecule has 0 bridgehead atoms. The molecule has 0 radical (unpaired) electrons. The number of hydrogen-bond acceptors (Lipinski definition) is 2. The number of alkyl halides is 3. The Morgan fingerprint density at radius 2 is 2.00 bits per heavy atom. The van der Waals surface area contributed by atoms with Crippen molar-refractivity contribution in [3.8, 4) is 0 Å². The number of benzene rings is 1. The monoisotopic (exact) mass is 297 g/mol. The third-order valence-corrected chi connectivity index (χ3v) is 3.27. The number of hydrogen-bond donors (Lipinski definition) is 1. The van der Waals surface area contributed by atoms with Crippen LogP contribution in [0.1, 0.15) is 36.6 Å². The Morgan fingerprint density at radius 1 is 1.24 bits per heavy atom. The molecule has 0 saturated heterocycles. The molecule has 0 aliphatic heterocycles. The predicted molar refractivity (Wildman–Crippen MR) is 74.9 cm³/mol. The van der Waals surface area contributed by atoms with Gasteiger partial charge in [-0.25, -0.2) is 0 Å². The zero-order valence-corrected chi connectivity index (χ0v) is 12.0. The number of nitrogens with zero attached hydrogens (tertiary/aromatic N) is 2. The van der Waals surface area contributed by atoms with Gasteiger partial charge in [0.1, 0.15) is 0 Å². The van der Waals surface area contributed by atoms with Crippen LogP contribution in [-0.2, 0) is 12.7 Å². The lowest BCUT2D eigenvalue weighted by Crippen LogP contribution is -2.22. The van der Waals surface area contributed by atoms with Crippen LogP contribution in [0.2, 0.25) is 0 Å². The first kappa shape index (κ1) is 15.6. The summed E-state index contributed by atoms with van der Waals surface area (Å²) in [6.07, 6.45) is -0.787. The summed E-state index contributed by atoms with van der Waals surface area (Å²) in [5, 5.41) is 7.40. The van der Waals surface area contributed by atoms with Gasteiger partial charge in [-0.1, -0.05) is 19.1 Å². The van der Waals surface area contributed by atoms with Crippen molar-refractivity contribution < 1.29 is 13.2 Å². The van der Waals surface area contributed by atoms with E-state index in [0.29, 0.717) is 12.1 Å². The molecule has 1 atom stereocenters. The van der Waals surface area contributed by atoms with Gasteiger partial charge in [-0.2, -0.15) is 18.3 Å². The quantitative estimate of drug-likeness (QED) is 0.913. The first-order valence-corrected chi connectivity index (χ1v) is 6.88. The van der Waals surface area contributed by atoms with Gasteiger partial charge in [-0.15, -0.1) is 0 Å². The van der Waals surface area contributed by atoms with E-state index in [1.54, 1.807) is 16.9 Å². The van der Waals surface area contributed by atoms with Gasteiger partial charge in [-0.05, 0) is 31.2 Å². The zero-order valence-electron chi connectivity index (χ0n) is 12.0. The molecule has 1 unspecified atom stereocenters. The third-order valence-electron chi connectivity index (χ3n) is 3.27. The van der Waals surface area contributed by atoms with E-state index in [1.165, 1.54) is 12.1 Å². The summed E-state index contributed by atoms with van der Waals surface area (Å²) in [6.45, 7) is 5.26. The maximum atomic E-state index is 12.8. The number of nitrogens with one attached hydrogen (secondary N) is 1. The molecule has 2 rings (SSSR count). The molecular weight excluding hydrogens is 279 g/mol. The zero-order chi connectivity index (χ0) is 15.5. The summed E-state index contributed by atoms with van der Waals surface area (Å²) in [5.74, 6) is 0. The van der Waals surface area contributed by atoms with E-state index < -0.39 is 11.7 Å². The molecule has 0 spiro atoms. The van der Waals surface area contributed by atoms with Gasteiger partial charge in [0, 0.05) is 18.3 Å². The molecule has 3 nitrogen and oxygen atoms in total. The van der Waals surface area contributed by atoms with E-state index in [2.05, 4.69) is 10.4 Å². The lowest BCUT2D eigenvalue weighted by molar-refractivity contribution is -0.137. The van der Waals surface area contributed by atoms with Gasteiger partial charge in [0.15, 0.2) is 0 Å². The fourth-order valence-corrected chi connectivity index (χ4v) is 2.23. The number of aryl methyl sites for hydroxylation is 1. The largest absolute Gasteiger partial charge is 0.416 e. The minimum Gasteiger partial charge on any atom is -0.306 e. The Balaban J connectivity index is 2.38. The highest BCUT2D eigenvalue weighted by molar-refractivity contribution is 5.33. The highest BCUT2D eigenvalue weighted by Gasteiger charge is 2.31. The van der Waals surface area contributed by atoms with Gasteiger partial charge in [-0.3, -0.25) is 4.68 Å². The average Bonchev–Trinajstić information content (AvgIpc) is 2.92. The predicted octanol–water partition coefficient (Wildman–Crippen LogP) is 3.62. The van der Waals surface area contributed by atoms with Crippen molar-refractivity contribution in [1.82, 2.24) is 15.1 Å². The fourth-order valence-electron chi connectivity index (χ4n) is 2.23. The molecule has 0 saturated carbocycles. The molecule has 1 aromatic heterocycles. The van der Waals surface area contributed by atoms with Crippen molar-refractivity contribution >= 4 is 0 Å². The third kappa shape index (κ3) is 3.64. The second-order valence-corrected chi connectivity index (χ2v) is 4.74. The Morgan fingerprint density at radius 3 is 2.57 bits per heavy atom. The van der Waals surface area contributed by atoms with E-state index in [-0.39, 0.29) is 6.04 Å². The standard InChI is InChI=1S/C15H18F3N3/c1-3-19-14(12-9-20-21(4-2)10-12)11-6-5-7-13(8-11)15(16,17)18/h5-10,14,19H,3-4H2,1-2H3. The van der Waals surface area contributed by atoms with Crippen molar-refractivity contribution in [2.24, 2.45) is 0 Å². The van der Waals surface area contributed by atoms with Crippen molar-refractivity contribution in [1.29, 1.82) is 0 Å². The van der Waals surface area contributed by atoms with Gasteiger partial charge in [0.2, 0.25) is 0 Å². The van der Waals surface area contributed by atoms with Crippen molar-refractivity contribution in [3.05, 3.63) is 53.3 Å². The van der Waals surface area contributed by atoms with Crippen LogP contribution in [-0.4, -0.2) is 16.3 Å². The molecule has 0 fully saturated rings. The highest BCUT2D eigenvalue weighted by Crippen LogP contribution is 2.32. The summed E-state index contributed by atoms with van der Waals surface area (Å²) >= 11 is 0. The molecule has 1 heterocycles. The number of rotatable bonds is 5. The topological polar surface area (TPSA) is 29.9 Å². The van der Waals surface area contributed by atoms with Crippen molar-refractivity contribution in [2.45, 2.75) is 32.6 Å². The number of aromatic nitrogens is 2. The lowest BCUT2D eigenvalue weighted by Gasteiger charge is -2.18. The fraction of sp³-hybridized carbons (Fsp3) is 0.400. The molecule has 1 aromatic carbocycles. The summed E-state index contributed by atoms with van der Waals surface area (Å²) in [7, 11) is 0. The molecule has 21 heavy (non-hydrogen) atoms. The molecule has 1 N–H and O–H groups in total. The molecule has 6 heteroatoms. The van der Waals surface area contributed by atoms with Gasteiger partial charge in [0.05, 0.1) is 17.8 Å². The molecule has 114 valence electrons. The smallest absolute Gasteiger partial charge is 0.306 e. The lowest BCUT2D eigenvalue weighted by atomic mass is 9.99. The van der Waals surface area contributed by atoms with E-state index in [4.69, 9.17) is 0 Å². The van der Waals surface area contributed by atoms with E-state index >= 15 is 0 Å². The summed E-state index contributed by atoms with van der Waals surface area (Å²) < 4.78 is 40.3. The van der Waals surface area contributed by atoms with Crippen LogP contribution in [0.15, 0.2) is 36.7 Å². The first-order valence-electron chi connectivity index (χ1n) is 6.88. The SMILES string of the molecule is CCNC(c1cccc(C(F)(F)F)c1)c1cnn(CC)c1. The highest BCUT2D eigenvalue weighted by atomic mass is 19.4. The minimum atomic E-state index is -4.33. The molecule has 2 aromatic rings.